The third-order valence-corrected chi connectivity index (χ3v) is 5.32. The van der Waals surface area contributed by atoms with Crippen molar-refractivity contribution in [3.8, 4) is 0 Å². The zero-order chi connectivity index (χ0) is 21.9. The van der Waals surface area contributed by atoms with Gasteiger partial charge in [0.05, 0.1) is 6.26 Å². The summed E-state index contributed by atoms with van der Waals surface area (Å²) < 4.78 is 73.8. The molecule has 0 bridgehead atoms. The fourth-order valence-corrected chi connectivity index (χ4v) is 4.10. The van der Waals surface area contributed by atoms with Crippen LogP contribution in [0.2, 0.25) is 0 Å². The molecular weight excluding hydrogens is 423 g/mol. The topological polar surface area (TPSA) is 73.0 Å². The summed E-state index contributed by atoms with van der Waals surface area (Å²) in [6.07, 6.45) is -3.11. The second-order valence-electron chi connectivity index (χ2n) is 7.37. The molecule has 6 nitrogen and oxygen atoms in total. The van der Waals surface area contributed by atoms with Gasteiger partial charge in [-0.2, -0.15) is 18.2 Å². The highest BCUT2D eigenvalue weighted by molar-refractivity contribution is 6.00. The first kappa shape index (κ1) is 19.5. The van der Waals surface area contributed by atoms with Gasteiger partial charge in [0.2, 0.25) is 5.95 Å². The van der Waals surface area contributed by atoms with Crippen LogP contribution >= 0.6 is 0 Å². The van der Waals surface area contributed by atoms with Gasteiger partial charge in [-0.25, -0.2) is 13.5 Å². The van der Waals surface area contributed by atoms with E-state index in [0.29, 0.717) is 17.5 Å². The Morgan fingerprint density at radius 1 is 1.13 bits per heavy atom. The molecule has 3 aromatic rings. The molecule has 0 saturated heterocycles. The number of alkyl halides is 3. The van der Waals surface area contributed by atoms with Gasteiger partial charge in [-0.3, -0.25) is 4.79 Å². The minimum absolute atomic E-state index is 0.0263. The number of Topliss-reactive ketones (excluding diaryl/α,β-unsaturated/α-hetero) is 1. The Hall–Kier alpha value is -3.50. The zero-order valence-electron chi connectivity index (χ0n) is 15.6. The van der Waals surface area contributed by atoms with Gasteiger partial charge in [0, 0.05) is 29.7 Å². The van der Waals surface area contributed by atoms with Crippen LogP contribution in [0.5, 0.6) is 0 Å². The Kier molecular flexibility index (Phi) is 4.24. The second kappa shape index (κ2) is 6.76. The summed E-state index contributed by atoms with van der Waals surface area (Å²) >= 11 is 0. The lowest BCUT2D eigenvalue weighted by Gasteiger charge is -2.34. The van der Waals surface area contributed by atoms with Crippen molar-refractivity contribution in [3.05, 3.63) is 76.6 Å². The Morgan fingerprint density at radius 3 is 2.52 bits per heavy atom. The Bertz CT molecular complexity index is 1190. The molecule has 5 rings (SSSR count). The highest BCUT2D eigenvalue weighted by atomic mass is 19.4. The van der Waals surface area contributed by atoms with Gasteiger partial charge in [-0.15, -0.1) is 5.10 Å². The highest BCUT2D eigenvalue weighted by Crippen LogP contribution is 2.45. The summed E-state index contributed by atoms with van der Waals surface area (Å²) in [7, 11) is 0. The number of ketones is 1. The van der Waals surface area contributed by atoms with Crippen molar-refractivity contribution < 1.29 is 31.2 Å². The molecule has 1 N–H and O–H groups in total. The van der Waals surface area contributed by atoms with Gasteiger partial charge in [0.1, 0.15) is 23.4 Å². The smallest absolute Gasteiger partial charge is 0.453 e. The summed E-state index contributed by atoms with van der Waals surface area (Å²) in [6.45, 7) is 0. The molecule has 0 saturated carbocycles. The zero-order valence-corrected chi connectivity index (χ0v) is 15.6. The number of anilines is 1. The van der Waals surface area contributed by atoms with E-state index in [9.17, 15) is 26.7 Å². The molecule has 31 heavy (non-hydrogen) atoms. The molecule has 0 unspecified atom stereocenters. The van der Waals surface area contributed by atoms with Crippen LogP contribution in [0.4, 0.5) is 27.9 Å². The van der Waals surface area contributed by atoms with Crippen LogP contribution < -0.4 is 5.32 Å². The molecule has 160 valence electrons. The molecular formula is C20H13F5N4O2. The number of furan rings is 1. The van der Waals surface area contributed by atoms with E-state index in [1.165, 1.54) is 6.26 Å². The quantitative estimate of drug-likeness (QED) is 0.596. The summed E-state index contributed by atoms with van der Waals surface area (Å²) in [5, 5.41) is 6.26. The molecule has 0 spiro atoms. The van der Waals surface area contributed by atoms with Crippen molar-refractivity contribution in [1.82, 2.24) is 14.8 Å². The summed E-state index contributed by atoms with van der Waals surface area (Å²) in [4.78, 5) is 16.6. The molecule has 1 aliphatic carbocycles. The maximum Gasteiger partial charge on any atom is 0.453 e. The van der Waals surface area contributed by atoms with E-state index in [-0.39, 0.29) is 41.6 Å². The monoisotopic (exact) mass is 436 g/mol. The maximum atomic E-state index is 13.9. The molecule has 0 radical (unpaired) electrons. The number of halogens is 5. The van der Waals surface area contributed by atoms with Crippen molar-refractivity contribution in [1.29, 1.82) is 0 Å². The van der Waals surface area contributed by atoms with E-state index < -0.39 is 29.7 Å². The number of carbonyl (C=O) groups is 1. The third kappa shape index (κ3) is 3.29. The number of nitrogens with zero attached hydrogens (tertiary/aromatic N) is 3. The summed E-state index contributed by atoms with van der Waals surface area (Å²) in [5.74, 6) is -3.72. The van der Waals surface area contributed by atoms with E-state index >= 15 is 0 Å². The van der Waals surface area contributed by atoms with E-state index in [1.807, 2.05) is 0 Å². The van der Waals surface area contributed by atoms with Gasteiger partial charge in [-0.1, -0.05) is 0 Å². The van der Waals surface area contributed by atoms with Crippen molar-refractivity contribution in [2.24, 2.45) is 0 Å². The number of fused-ring (bicyclic) bond motifs is 1. The normalized spacial score (nSPS) is 21.0. The molecule has 11 heteroatoms. The molecule has 1 aliphatic heterocycles. The molecule has 0 fully saturated rings. The van der Waals surface area contributed by atoms with E-state index in [4.69, 9.17) is 4.42 Å². The van der Waals surface area contributed by atoms with Crippen LogP contribution in [0.1, 0.15) is 41.9 Å². The predicted molar refractivity (Wildman–Crippen MR) is 95.9 cm³/mol. The van der Waals surface area contributed by atoms with Gasteiger partial charge in [0.15, 0.2) is 5.78 Å². The fourth-order valence-electron chi connectivity index (χ4n) is 4.10. The molecule has 0 amide bonds. The number of allylic oxidation sites excluding steroid dienone is 2. The van der Waals surface area contributed by atoms with Crippen LogP contribution in [0, 0.1) is 11.6 Å². The lowest BCUT2D eigenvalue weighted by molar-refractivity contribution is -0.145. The first-order valence-electron chi connectivity index (χ1n) is 9.27. The van der Waals surface area contributed by atoms with Gasteiger partial charge < -0.3 is 9.73 Å². The predicted octanol–water partition coefficient (Wildman–Crippen LogP) is 4.58. The molecule has 1 aromatic carbocycles. The minimum atomic E-state index is -4.84. The minimum Gasteiger partial charge on any atom is -0.469 e. The number of hydrogen-bond acceptors (Lipinski definition) is 5. The average molecular weight is 436 g/mol. The van der Waals surface area contributed by atoms with Crippen molar-refractivity contribution in [2.75, 3.05) is 5.32 Å². The first-order chi connectivity index (χ1) is 14.7. The SMILES string of the molecule is O=C1C[C@@H](c2ccco2)CC2=C1[C@@H](c1cc(F)cc(F)c1)n1nc(C(F)(F)F)nc1N2. The van der Waals surface area contributed by atoms with E-state index in [2.05, 4.69) is 15.4 Å². The average Bonchev–Trinajstić information content (AvgIpc) is 3.34. The fraction of sp³-hybridized carbons (Fsp3) is 0.250. The number of nitrogens with one attached hydrogen (secondary N) is 1. The van der Waals surface area contributed by atoms with Crippen LogP contribution in [0.25, 0.3) is 0 Å². The van der Waals surface area contributed by atoms with Gasteiger partial charge in [-0.05, 0) is 36.2 Å². The van der Waals surface area contributed by atoms with Crippen LogP contribution in [-0.4, -0.2) is 20.5 Å². The first-order valence-corrected chi connectivity index (χ1v) is 9.27. The molecule has 2 atom stereocenters. The summed E-state index contributed by atoms with van der Waals surface area (Å²) in [6, 6.07) is 4.69. The van der Waals surface area contributed by atoms with Crippen LogP contribution in [0.3, 0.4) is 0 Å². The number of aromatic nitrogens is 3. The second-order valence-corrected chi connectivity index (χ2v) is 7.37. The van der Waals surface area contributed by atoms with Crippen LogP contribution in [-0.2, 0) is 11.0 Å². The Labute approximate surface area is 171 Å². The van der Waals surface area contributed by atoms with Crippen molar-refractivity contribution in [3.63, 3.8) is 0 Å². The molecule has 2 aromatic heterocycles. The standard InChI is InChI=1S/C20H13F5N4O2/c21-11-4-10(5-12(22)8-11)17-16-13(6-9(7-14(16)30)15-2-1-3-31-15)26-19-27-18(20(23,24)25)28-29(17)19/h1-5,8-9,17H,6-7H2,(H,26,27,28)/t9-,17+/m0/s1. The number of benzene rings is 1. The maximum absolute atomic E-state index is 13.9. The molecule has 2 aliphatic rings. The lowest BCUT2D eigenvalue weighted by atomic mass is 9.79. The van der Waals surface area contributed by atoms with E-state index in [1.54, 1.807) is 12.1 Å². The Balaban J connectivity index is 1.67. The van der Waals surface area contributed by atoms with E-state index in [0.717, 1.165) is 16.8 Å². The third-order valence-electron chi connectivity index (χ3n) is 5.32. The lowest BCUT2D eigenvalue weighted by Crippen LogP contribution is -2.33. The summed E-state index contributed by atoms with van der Waals surface area (Å²) in [5.41, 5.74) is 0.371. The largest absolute Gasteiger partial charge is 0.469 e. The molecule has 3 heterocycles. The number of hydrogen-bond donors (Lipinski definition) is 1. The van der Waals surface area contributed by atoms with Crippen LogP contribution in [0.15, 0.2) is 52.3 Å². The van der Waals surface area contributed by atoms with Crippen molar-refractivity contribution >= 4 is 11.7 Å². The number of carbonyl (C=O) groups excluding carboxylic acids is 1. The van der Waals surface area contributed by atoms with Gasteiger partial charge >= 0.3 is 6.18 Å². The van der Waals surface area contributed by atoms with Gasteiger partial charge in [0.25, 0.3) is 5.82 Å². The Morgan fingerprint density at radius 2 is 1.87 bits per heavy atom. The highest BCUT2D eigenvalue weighted by Gasteiger charge is 2.44. The van der Waals surface area contributed by atoms with Crippen molar-refractivity contribution in [2.45, 2.75) is 31.0 Å². The number of rotatable bonds is 2.